The second-order valence-electron chi connectivity index (χ2n) is 5.30. The van der Waals surface area contributed by atoms with Crippen molar-refractivity contribution in [2.45, 2.75) is 0 Å². The zero-order chi connectivity index (χ0) is 18.7. The highest BCUT2D eigenvalue weighted by molar-refractivity contribution is 9.10. The van der Waals surface area contributed by atoms with Crippen LogP contribution in [0.15, 0.2) is 59.2 Å². The molecule has 0 fully saturated rings. The Kier molecular flexibility index (Phi) is 5.04. The molecule has 2 aromatic carbocycles. The predicted molar refractivity (Wildman–Crippen MR) is 98.3 cm³/mol. The molecule has 26 heavy (non-hydrogen) atoms. The largest absolute Gasteiger partial charge is 0.710 e. The summed E-state index contributed by atoms with van der Waals surface area (Å²) in [6, 6.07) is 11.7. The van der Waals surface area contributed by atoms with Crippen LogP contribution in [-0.2, 0) is 0 Å². The Bertz CT molecular complexity index is 1020. The SMILES string of the molecule is O=[N+]([O-])c1cccc(-c2nccc(C=Cc3ccc(F)c(Br)c3)[n+]2[O-])c1. The number of halogens is 2. The highest BCUT2D eigenvalue weighted by Crippen LogP contribution is 2.21. The lowest BCUT2D eigenvalue weighted by Gasteiger charge is -2.09. The molecule has 0 aliphatic heterocycles. The van der Waals surface area contributed by atoms with E-state index in [0.29, 0.717) is 26.0 Å². The van der Waals surface area contributed by atoms with Crippen LogP contribution in [0.25, 0.3) is 23.5 Å². The first kappa shape index (κ1) is 17.7. The van der Waals surface area contributed by atoms with Crippen LogP contribution in [0.3, 0.4) is 0 Å². The fraction of sp³-hybridized carbons (Fsp3) is 0. The van der Waals surface area contributed by atoms with Crippen LogP contribution in [0.1, 0.15) is 11.3 Å². The molecule has 0 amide bonds. The molecule has 1 aromatic heterocycles. The highest BCUT2D eigenvalue weighted by atomic mass is 79.9. The van der Waals surface area contributed by atoms with E-state index in [-0.39, 0.29) is 17.3 Å². The Balaban J connectivity index is 1.97. The molecule has 6 nitrogen and oxygen atoms in total. The summed E-state index contributed by atoms with van der Waals surface area (Å²) in [6.07, 6.45) is 4.67. The second kappa shape index (κ2) is 7.40. The molecule has 0 bridgehead atoms. The first-order valence-corrected chi connectivity index (χ1v) is 8.21. The fourth-order valence-corrected chi connectivity index (χ4v) is 2.69. The molecule has 8 heteroatoms. The summed E-state index contributed by atoms with van der Waals surface area (Å²) in [4.78, 5) is 14.4. The van der Waals surface area contributed by atoms with Crippen LogP contribution in [0.2, 0.25) is 0 Å². The maximum atomic E-state index is 13.3. The molecule has 0 aliphatic carbocycles. The van der Waals surface area contributed by atoms with Gasteiger partial charge in [-0.1, -0.05) is 18.2 Å². The van der Waals surface area contributed by atoms with Gasteiger partial charge in [-0.3, -0.25) is 10.1 Å². The monoisotopic (exact) mass is 415 g/mol. The molecule has 130 valence electrons. The van der Waals surface area contributed by atoms with Crippen molar-refractivity contribution in [2.24, 2.45) is 0 Å². The molecule has 0 spiro atoms. The van der Waals surface area contributed by atoms with E-state index >= 15 is 0 Å². The van der Waals surface area contributed by atoms with E-state index in [0.717, 1.165) is 0 Å². The summed E-state index contributed by atoms with van der Waals surface area (Å²) in [6.45, 7) is 0. The van der Waals surface area contributed by atoms with Gasteiger partial charge in [-0.05, 0) is 50.8 Å². The number of nitrogens with zero attached hydrogens (tertiary/aromatic N) is 3. The minimum atomic E-state index is -0.533. The van der Waals surface area contributed by atoms with Gasteiger partial charge in [0.15, 0.2) is 0 Å². The van der Waals surface area contributed by atoms with Crippen molar-refractivity contribution in [1.29, 1.82) is 0 Å². The van der Waals surface area contributed by atoms with Gasteiger partial charge in [-0.15, -0.1) is 0 Å². The van der Waals surface area contributed by atoms with Gasteiger partial charge >= 0.3 is 5.82 Å². The molecule has 1 heterocycles. The number of rotatable bonds is 4. The average Bonchev–Trinajstić information content (AvgIpc) is 2.63. The number of nitro benzene ring substituents is 1. The zero-order valence-corrected chi connectivity index (χ0v) is 14.8. The van der Waals surface area contributed by atoms with Gasteiger partial charge in [0.25, 0.3) is 5.69 Å². The predicted octanol–water partition coefficient (Wildman–Crippen LogP) is 4.36. The third-order valence-corrected chi connectivity index (χ3v) is 4.18. The number of aromatic nitrogens is 2. The number of benzene rings is 2. The second-order valence-corrected chi connectivity index (χ2v) is 6.16. The van der Waals surface area contributed by atoms with Crippen molar-refractivity contribution in [1.82, 2.24) is 4.98 Å². The van der Waals surface area contributed by atoms with Crippen LogP contribution in [0.5, 0.6) is 0 Å². The summed E-state index contributed by atoms with van der Waals surface area (Å²) in [5.41, 5.74) is 1.21. The summed E-state index contributed by atoms with van der Waals surface area (Å²) in [5.74, 6) is -0.325. The van der Waals surface area contributed by atoms with E-state index in [1.807, 2.05) is 0 Å². The molecular formula is C18H11BrFN3O3. The maximum absolute atomic E-state index is 13.3. The van der Waals surface area contributed by atoms with Crippen molar-refractivity contribution in [3.8, 4) is 11.4 Å². The third-order valence-electron chi connectivity index (χ3n) is 3.57. The number of hydrogen-bond donors (Lipinski definition) is 0. The number of hydrogen-bond acceptors (Lipinski definition) is 4. The van der Waals surface area contributed by atoms with E-state index in [9.17, 15) is 19.7 Å². The van der Waals surface area contributed by atoms with Crippen molar-refractivity contribution >= 4 is 33.8 Å². The number of nitro groups is 1. The quantitative estimate of drug-likeness (QED) is 0.274. The minimum Gasteiger partial charge on any atom is -0.710 e. The van der Waals surface area contributed by atoms with E-state index in [4.69, 9.17) is 0 Å². The van der Waals surface area contributed by atoms with E-state index in [1.165, 1.54) is 36.5 Å². The van der Waals surface area contributed by atoms with Gasteiger partial charge in [-0.2, -0.15) is 0 Å². The number of non-ortho nitro benzene ring substituents is 1. The van der Waals surface area contributed by atoms with Crippen LogP contribution < -0.4 is 4.73 Å². The summed E-state index contributed by atoms with van der Waals surface area (Å²) in [5, 5.41) is 23.5. The van der Waals surface area contributed by atoms with E-state index in [1.54, 1.807) is 30.4 Å². The average molecular weight is 416 g/mol. The molecule has 3 aromatic rings. The standard InChI is InChI=1S/C18H11BrFN3O3/c19-16-10-12(5-7-17(16)20)4-6-14-8-9-21-18(22(14)24)13-2-1-3-15(11-13)23(25)26/h1-11H. The Morgan fingerprint density at radius 1 is 1.15 bits per heavy atom. The maximum Gasteiger partial charge on any atom is 0.333 e. The molecule has 0 radical (unpaired) electrons. The van der Waals surface area contributed by atoms with Gasteiger partial charge in [0.05, 0.1) is 15.0 Å². The van der Waals surface area contributed by atoms with E-state index in [2.05, 4.69) is 20.9 Å². The van der Waals surface area contributed by atoms with Gasteiger partial charge in [0.1, 0.15) is 17.7 Å². The lowest BCUT2D eigenvalue weighted by molar-refractivity contribution is -0.598. The Morgan fingerprint density at radius 2 is 1.96 bits per heavy atom. The third kappa shape index (κ3) is 3.75. The van der Waals surface area contributed by atoms with Crippen LogP contribution in [0.4, 0.5) is 10.1 Å². The molecule has 0 unspecified atom stereocenters. The minimum absolute atomic E-state index is 0.0520. The van der Waals surface area contributed by atoms with Crippen molar-refractivity contribution < 1.29 is 14.0 Å². The fourth-order valence-electron chi connectivity index (χ4n) is 2.30. The first-order valence-electron chi connectivity index (χ1n) is 7.42. The summed E-state index contributed by atoms with van der Waals surface area (Å²) >= 11 is 3.11. The Labute approximate surface area is 156 Å². The first-order chi connectivity index (χ1) is 12.5. The molecule has 0 saturated carbocycles. The Hall–Kier alpha value is -3.13. The highest BCUT2D eigenvalue weighted by Gasteiger charge is 2.16. The zero-order valence-electron chi connectivity index (χ0n) is 13.2. The summed E-state index contributed by atoms with van der Waals surface area (Å²) in [7, 11) is 0. The van der Waals surface area contributed by atoms with E-state index < -0.39 is 4.92 Å². The Morgan fingerprint density at radius 3 is 2.69 bits per heavy atom. The molecule has 0 aliphatic rings. The summed E-state index contributed by atoms with van der Waals surface area (Å²) < 4.78 is 14.2. The molecular weight excluding hydrogens is 405 g/mol. The molecule has 0 saturated heterocycles. The van der Waals surface area contributed by atoms with Gasteiger partial charge in [0.2, 0.25) is 0 Å². The lowest BCUT2D eigenvalue weighted by Crippen LogP contribution is -2.33. The van der Waals surface area contributed by atoms with Crippen molar-refractivity contribution in [2.75, 3.05) is 0 Å². The molecule has 3 rings (SSSR count). The van der Waals surface area contributed by atoms with Gasteiger partial charge < -0.3 is 5.21 Å². The lowest BCUT2D eigenvalue weighted by atomic mass is 10.1. The van der Waals surface area contributed by atoms with Gasteiger partial charge in [0, 0.05) is 18.2 Å². The topological polar surface area (TPSA) is 83.0 Å². The van der Waals surface area contributed by atoms with Crippen LogP contribution >= 0.6 is 15.9 Å². The van der Waals surface area contributed by atoms with Crippen molar-refractivity contribution in [3.63, 3.8) is 0 Å². The van der Waals surface area contributed by atoms with Crippen LogP contribution in [0, 0.1) is 21.1 Å². The van der Waals surface area contributed by atoms with Gasteiger partial charge in [-0.25, -0.2) is 9.12 Å². The molecule has 0 N–H and O–H groups in total. The normalized spacial score (nSPS) is 11.0. The molecule has 0 atom stereocenters. The smallest absolute Gasteiger partial charge is 0.333 e. The van der Waals surface area contributed by atoms with Crippen molar-refractivity contribution in [3.05, 3.63) is 91.6 Å². The van der Waals surface area contributed by atoms with Crippen LogP contribution in [-0.4, -0.2) is 9.91 Å².